The molecule has 86 valence electrons. The molecule has 4 nitrogen and oxygen atoms in total. The Labute approximate surface area is 103 Å². The minimum absolute atomic E-state index is 0.258. The molecule has 1 aromatic carbocycles. The summed E-state index contributed by atoms with van der Waals surface area (Å²) in [6.07, 6.45) is 0. The van der Waals surface area contributed by atoms with Gasteiger partial charge in [-0.1, -0.05) is 11.6 Å². The molecule has 0 saturated carbocycles. The van der Waals surface area contributed by atoms with E-state index in [0.717, 1.165) is 17.0 Å². The van der Waals surface area contributed by atoms with Crippen molar-refractivity contribution in [2.24, 2.45) is 0 Å². The van der Waals surface area contributed by atoms with Gasteiger partial charge in [0.25, 0.3) is 0 Å². The third-order valence-corrected chi connectivity index (χ3v) is 2.65. The third-order valence-electron chi connectivity index (χ3n) is 2.45. The molecule has 0 spiro atoms. The minimum Gasteiger partial charge on any atom is -0.454 e. The van der Waals surface area contributed by atoms with Gasteiger partial charge in [0.2, 0.25) is 6.79 Å². The van der Waals surface area contributed by atoms with Crippen LogP contribution in [0.1, 0.15) is 5.69 Å². The largest absolute Gasteiger partial charge is 0.454 e. The second kappa shape index (κ2) is 3.89. The quantitative estimate of drug-likeness (QED) is 0.728. The summed E-state index contributed by atoms with van der Waals surface area (Å²) in [5, 5.41) is 0.435. The van der Waals surface area contributed by atoms with Gasteiger partial charge in [-0.3, -0.25) is 0 Å². The van der Waals surface area contributed by atoms with Crippen LogP contribution in [0.2, 0.25) is 5.15 Å². The van der Waals surface area contributed by atoms with Gasteiger partial charge in [0.1, 0.15) is 5.15 Å². The van der Waals surface area contributed by atoms with E-state index < -0.39 is 0 Å². The van der Waals surface area contributed by atoms with Crippen molar-refractivity contribution < 1.29 is 9.47 Å². The molecule has 0 N–H and O–H groups in total. The van der Waals surface area contributed by atoms with Crippen LogP contribution in [-0.4, -0.2) is 16.8 Å². The maximum absolute atomic E-state index is 5.91. The number of rotatable bonds is 1. The number of aromatic nitrogens is 2. The SMILES string of the molecule is Cc1cc(Cl)nc(-c2ccc3c(c2)OCO3)n1. The first-order chi connectivity index (χ1) is 8.22. The summed E-state index contributed by atoms with van der Waals surface area (Å²) in [6.45, 7) is 2.14. The van der Waals surface area contributed by atoms with Crippen LogP contribution in [0.25, 0.3) is 11.4 Å². The van der Waals surface area contributed by atoms with Gasteiger partial charge < -0.3 is 9.47 Å². The standard InChI is InChI=1S/C12H9ClN2O2/c1-7-4-11(13)15-12(14-7)8-2-3-9-10(5-8)17-6-16-9/h2-5H,6H2,1H3. The van der Waals surface area contributed by atoms with Crippen LogP contribution in [0.15, 0.2) is 24.3 Å². The molecule has 0 unspecified atom stereocenters. The second-order valence-corrected chi connectivity index (χ2v) is 4.11. The monoisotopic (exact) mass is 248 g/mol. The van der Waals surface area contributed by atoms with E-state index in [-0.39, 0.29) is 6.79 Å². The molecular formula is C12H9ClN2O2. The lowest BCUT2D eigenvalue weighted by atomic mass is 10.2. The molecule has 0 amide bonds. The van der Waals surface area contributed by atoms with Gasteiger partial charge in [0.05, 0.1) is 0 Å². The molecule has 1 aromatic heterocycles. The Morgan fingerprint density at radius 2 is 1.94 bits per heavy atom. The van der Waals surface area contributed by atoms with Crippen LogP contribution in [0.3, 0.4) is 0 Å². The molecule has 0 atom stereocenters. The summed E-state index contributed by atoms with van der Waals surface area (Å²) in [6, 6.07) is 7.31. The second-order valence-electron chi connectivity index (χ2n) is 3.72. The number of hydrogen-bond donors (Lipinski definition) is 0. The van der Waals surface area contributed by atoms with E-state index in [4.69, 9.17) is 21.1 Å². The Hall–Kier alpha value is -1.81. The Kier molecular flexibility index (Phi) is 2.37. The first kappa shape index (κ1) is 10.4. The zero-order valence-electron chi connectivity index (χ0n) is 9.11. The highest BCUT2D eigenvalue weighted by atomic mass is 35.5. The molecule has 0 bridgehead atoms. The Balaban J connectivity index is 2.09. The van der Waals surface area contributed by atoms with Crippen molar-refractivity contribution in [3.63, 3.8) is 0 Å². The molecule has 0 fully saturated rings. The summed E-state index contributed by atoms with van der Waals surface area (Å²) in [5.74, 6) is 2.05. The predicted molar refractivity (Wildman–Crippen MR) is 63.3 cm³/mol. The maximum atomic E-state index is 5.91. The van der Waals surface area contributed by atoms with Gasteiger partial charge in [-0.25, -0.2) is 9.97 Å². The molecule has 1 aliphatic heterocycles. The van der Waals surface area contributed by atoms with Crippen molar-refractivity contribution in [2.75, 3.05) is 6.79 Å². The van der Waals surface area contributed by atoms with Gasteiger partial charge in [-0.15, -0.1) is 0 Å². The first-order valence-electron chi connectivity index (χ1n) is 5.13. The number of aryl methyl sites for hydroxylation is 1. The molecule has 3 rings (SSSR count). The maximum Gasteiger partial charge on any atom is 0.231 e. The number of benzene rings is 1. The first-order valence-corrected chi connectivity index (χ1v) is 5.51. The summed E-state index contributed by atoms with van der Waals surface area (Å²) in [4.78, 5) is 8.53. The predicted octanol–water partition coefficient (Wildman–Crippen LogP) is 2.83. The van der Waals surface area contributed by atoms with Crippen LogP contribution < -0.4 is 9.47 Å². The van der Waals surface area contributed by atoms with Crippen molar-refractivity contribution in [3.8, 4) is 22.9 Å². The zero-order valence-corrected chi connectivity index (χ0v) is 9.86. The van der Waals surface area contributed by atoms with Crippen LogP contribution >= 0.6 is 11.6 Å². The normalized spacial score (nSPS) is 12.8. The molecule has 0 saturated heterocycles. The highest BCUT2D eigenvalue weighted by Gasteiger charge is 2.15. The van der Waals surface area contributed by atoms with Crippen molar-refractivity contribution in [2.45, 2.75) is 6.92 Å². The van der Waals surface area contributed by atoms with E-state index in [9.17, 15) is 0 Å². The number of halogens is 1. The number of nitrogens with zero attached hydrogens (tertiary/aromatic N) is 2. The van der Waals surface area contributed by atoms with Gasteiger partial charge >= 0.3 is 0 Å². The van der Waals surface area contributed by atoms with Crippen LogP contribution in [0.5, 0.6) is 11.5 Å². The fourth-order valence-electron chi connectivity index (χ4n) is 1.69. The van der Waals surface area contributed by atoms with E-state index in [1.165, 1.54) is 0 Å². The van der Waals surface area contributed by atoms with Crippen molar-refractivity contribution in [1.82, 2.24) is 9.97 Å². The van der Waals surface area contributed by atoms with Crippen molar-refractivity contribution in [1.29, 1.82) is 0 Å². The molecule has 2 aromatic rings. The lowest BCUT2D eigenvalue weighted by Gasteiger charge is -2.03. The highest BCUT2D eigenvalue weighted by molar-refractivity contribution is 6.29. The van der Waals surface area contributed by atoms with Gasteiger partial charge in [-0.05, 0) is 31.2 Å². The van der Waals surface area contributed by atoms with Crippen LogP contribution in [-0.2, 0) is 0 Å². The lowest BCUT2D eigenvalue weighted by Crippen LogP contribution is -1.93. The van der Waals surface area contributed by atoms with Crippen LogP contribution in [0.4, 0.5) is 0 Å². The summed E-state index contributed by atoms with van der Waals surface area (Å²) in [5.41, 5.74) is 1.69. The summed E-state index contributed by atoms with van der Waals surface area (Å²) < 4.78 is 10.6. The highest BCUT2D eigenvalue weighted by Crippen LogP contribution is 2.35. The summed E-state index contributed by atoms with van der Waals surface area (Å²) in [7, 11) is 0. The van der Waals surface area contributed by atoms with Crippen molar-refractivity contribution >= 4 is 11.6 Å². The van der Waals surface area contributed by atoms with Gasteiger partial charge in [-0.2, -0.15) is 0 Å². The molecule has 0 aliphatic carbocycles. The fourth-order valence-corrected chi connectivity index (χ4v) is 1.93. The Bertz CT molecular complexity index is 566. The lowest BCUT2D eigenvalue weighted by molar-refractivity contribution is 0.174. The smallest absolute Gasteiger partial charge is 0.231 e. The molecule has 1 aliphatic rings. The fraction of sp³-hybridized carbons (Fsp3) is 0.167. The molecule has 17 heavy (non-hydrogen) atoms. The Morgan fingerprint density at radius 3 is 2.76 bits per heavy atom. The molecule has 2 heterocycles. The van der Waals surface area contributed by atoms with E-state index in [1.54, 1.807) is 6.07 Å². The molecule has 5 heteroatoms. The number of ether oxygens (including phenoxy) is 2. The zero-order chi connectivity index (χ0) is 11.8. The van der Waals surface area contributed by atoms with Gasteiger partial charge in [0.15, 0.2) is 17.3 Å². The number of hydrogen-bond acceptors (Lipinski definition) is 4. The van der Waals surface area contributed by atoms with Crippen molar-refractivity contribution in [3.05, 3.63) is 35.1 Å². The third kappa shape index (κ3) is 1.91. The molecule has 0 radical (unpaired) electrons. The van der Waals surface area contributed by atoms with E-state index >= 15 is 0 Å². The van der Waals surface area contributed by atoms with E-state index in [0.29, 0.717) is 16.7 Å². The Morgan fingerprint density at radius 1 is 1.12 bits per heavy atom. The van der Waals surface area contributed by atoms with E-state index in [1.807, 2.05) is 25.1 Å². The topological polar surface area (TPSA) is 44.2 Å². The summed E-state index contributed by atoms with van der Waals surface area (Å²) >= 11 is 5.91. The van der Waals surface area contributed by atoms with E-state index in [2.05, 4.69) is 9.97 Å². The minimum atomic E-state index is 0.258. The average molecular weight is 249 g/mol. The van der Waals surface area contributed by atoms with Gasteiger partial charge in [0, 0.05) is 11.3 Å². The molecular weight excluding hydrogens is 240 g/mol. The average Bonchev–Trinajstić information content (AvgIpc) is 2.74. The number of fused-ring (bicyclic) bond motifs is 1. The van der Waals surface area contributed by atoms with Crippen LogP contribution in [0, 0.1) is 6.92 Å².